The quantitative estimate of drug-likeness (QED) is 0.389. The van der Waals surface area contributed by atoms with Crippen molar-refractivity contribution in [2.45, 2.75) is 6.92 Å². The molecule has 0 atom stereocenters. The Hall–Kier alpha value is -3.44. The average molecular weight is 401 g/mol. The molecular weight excluding hydrogens is 384 g/mol. The molecule has 0 saturated carbocycles. The fraction of sp³-hybridized carbons (Fsp3) is 0.0870. The topological polar surface area (TPSA) is 52.8 Å². The molecule has 0 unspecified atom stereocenters. The van der Waals surface area contributed by atoms with Gasteiger partial charge in [-0.1, -0.05) is 23.7 Å². The Bertz CT molecular complexity index is 1310. The zero-order valence-corrected chi connectivity index (χ0v) is 16.5. The molecule has 0 saturated heterocycles. The van der Waals surface area contributed by atoms with E-state index in [1.807, 2.05) is 84.3 Å². The number of ether oxygens (including phenoxy) is 1. The number of halogens is 1. The maximum absolute atomic E-state index is 6.09. The highest BCUT2D eigenvalue weighted by atomic mass is 35.5. The molecule has 2 heterocycles. The number of hydrogen-bond acceptors (Lipinski definition) is 4. The number of nitrogens with zero attached hydrogens (tertiary/aromatic N) is 4. The molecule has 0 radical (unpaired) electrons. The van der Waals surface area contributed by atoms with Crippen LogP contribution in [-0.2, 0) is 0 Å². The van der Waals surface area contributed by atoms with Gasteiger partial charge in [0.15, 0.2) is 11.3 Å². The highest BCUT2D eigenvalue weighted by Crippen LogP contribution is 2.29. The molecule has 0 aliphatic heterocycles. The van der Waals surface area contributed by atoms with E-state index in [-0.39, 0.29) is 0 Å². The third-order valence-electron chi connectivity index (χ3n) is 4.68. The second kappa shape index (κ2) is 7.18. The fourth-order valence-electron chi connectivity index (χ4n) is 3.35. The monoisotopic (exact) mass is 400 g/mol. The van der Waals surface area contributed by atoms with Crippen molar-refractivity contribution in [3.8, 4) is 22.8 Å². The first-order chi connectivity index (χ1) is 14.2. The highest BCUT2D eigenvalue weighted by molar-refractivity contribution is 6.30. The second-order valence-corrected chi connectivity index (χ2v) is 7.00. The molecule has 0 amide bonds. The number of hydrogen-bond donors (Lipinski definition) is 0. The van der Waals surface area contributed by atoms with Gasteiger partial charge in [-0.2, -0.15) is 0 Å². The van der Waals surface area contributed by atoms with E-state index < -0.39 is 0 Å². The summed E-state index contributed by atoms with van der Waals surface area (Å²) >= 11 is 6.09. The lowest BCUT2D eigenvalue weighted by atomic mass is 10.2. The minimum Gasteiger partial charge on any atom is -0.494 e. The first-order valence-corrected chi connectivity index (χ1v) is 9.75. The number of rotatable bonds is 4. The highest BCUT2D eigenvalue weighted by Gasteiger charge is 2.17. The fourth-order valence-corrected chi connectivity index (χ4v) is 3.48. The number of para-hydroxylation sites is 2. The van der Waals surface area contributed by atoms with E-state index in [0.29, 0.717) is 22.9 Å². The molecule has 2 aromatic heterocycles. The SMILES string of the molecule is CCOc1ccc(-n2c(-c3ccc(Cl)cc3)nc3nc4ccccc4nc32)cc1. The third-order valence-corrected chi connectivity index (χ3v) is 4.93. The van der Waals surface area contributed by atoms with Gasteiger partial charge in [-0.05, 0) is 67.6 Å². The van der Waals surface area contributed by atoms with Crippen LogP contribution < -0.4 is 4.74 Å². The standard InChI is InChI=1S/C23H17ClN4O/c1-2-29-18-13-11-17(12-14-18)28-22(15-7-9-16(24)10-8-15)27-21-23(28)26-20-6-4-3-5-19(20)25-21/h3-14H,2H2,1H3. The second-order valence-electron chi connectivity index (χ2n) is 6.56. The lowest BCUT2D eigenvalue weighted by molar-refractivity contribution is 0.340. The van der Waals surface area contributed by atoms with Crippen LogP contribution in [0.15, 0.2) is 72.8 Å². The van der Waals surface area contributed by atoms with Gasteiger partial charge >= 0.3 is 0 Å². The van der Waals surface area contributed by atoms with Crippen LogP contribution in [0.3, 0.4) is 0 Å². The Morgan fingerprint density at radius 2 is 1.52 bits per heavy atom. The molecular formula is C23H17ClN4O. The van der Waals surface area contributed by atoms with Gasteiger partial charge in [-0.15, -0.1) is 0 Å². The number of fused-ring (bicyclic) bond motifs is 2. The van der Waals surface area contributed by atoms with E-state index >= 15 is 0 Å². The van der Waals surface area contributed by atoms with Crippen molar-refractivity contribution in [1.82, 2.24) is 19.5 Å². The maximum atomic E-state index is 6.09. The van der Waals surface area contributed by atoms with E-state index in [9.17, 15) is 0 Å². The Labute approximate surface area is 172 Å². The molecule has 5 rings (SSSR count). The summed E-state index contributed by atoms with van der Waals surface area (Å²) in [4.78, 5) is 14.4. The van der Waals surface area contributed by atoms with E-state index in [1.54, 1.807) is 0 Å². The van der Waals surface area contributed by atoms with Crippen molar-refractivity contribution in [3.05, 3.63) is 77.8 Å². The zero-order chi connectivity index (χ0) is 19.8. The van der Waals surface area contributed by atoms with Crippen LogP contribution in [0.1, 0.15) is 6.92 Å². The summed E-state index contributed by atoms with van der Waals surface area (Å²) in [6, 6.07) is 23.3. The lowest BCUT2D eigenvalue weighted by Crippen LogP contribution is -2.00. The Morgan fingerprint density at radius 1 is 0.828 bits per heavy atom. The van der Waals surface area contributed by atoms with Crippen molar-refractivity contribution in [1.29, 1.82) is 0 Å². The van der Waals surface area contributed by atoms with Crippen LogP contribution >= 0.6 is 11.6 Å². The van der Waals surface area contributed by atoms with Crippen LogP contribution in [0.4, 0.5) is 0 Å². The van der Waals surface area contributed by atoms with Crippen molar-refractivity contribution >= 4 is 33.9 Å². The predicted octanol–water partition coefficient (Wildman–Crippen LogP) is 5.69. The molecule has 0 aliphatic carbocycles. The smallest absolute Gasteiger partial charge is 0.199 e. The van der Waals surface area contributed by atoms with Gasteiger partial charge < -0.3 is 4.74 Å². The molecule has 5 nitrogen and oxygen atoms in total. The molecule has 0 spiro atoms. The summed E-state index contributed by atoms with van der Waals surface area (Å²) in [5.74, 6) is 1.58. The lowest BCUT2D eigenvalue weighted by Gasteiger charge is -2.10. The molecule has 6 heteroatoms. The van der Waals surface area contributed by atoms with Gasteiger partial charge in [-0.25, -0.2) is 15.0 Å². The van der Waals surface area contributed by atoms with E-state index in [0.717, 1.165) is 33.9 Å². The van der Waals surface area contributed by atoms with Crippen molar-refractivity contribution in [2.75, 3.05) is 6.61 Å². The predicted molar refractivity (Wildman–Crippen MR) is 116 cm³/mol. The third kappa shape index (κ3) is 3.19. The zero-order valence-electron chi connectivity index (χ0n) is 15.7. The van der Waals surface area contributed by atoms with Gasteiger partial charge in [0.1, 0.15) is 11.6 Å². The molecule has 0 N–H and O–H groups in total. The first kappa shape index (κ1) is 17.6. The van der Waals surface area contributed by atoms with Crippen molar-refractivity contribution in [3.63, 3.8) is 0 Å². The summed E-state index contributed by atoms with van der Waals surface area (Å²) in [5.41, 5.74) is 4.83. The summed E-state index contributed by atoms with van der Waals surface area (Å²) in [7, 11) is 0. The van der Waals surface area contributed by atoms with Gasteiger partial charge in [0.2, 0.25) is 0 Å². The Balaban J connectivity index is 1.78. The Kier molecular flexibility index (Phi) is 4.37. The summed E-state index contributed by atoms with van der Waals surface area (Å²) in [6.45, 7) is 2.59. The number of imidazole rings is 1. The summed E-state index contributed by atoms with van der Waals surface area (Å²) in [6.07, 6.45) is 0. The maximum Gasteiger partial charge on any atom is 0.199 e. The largest absolute Gasteiger partial charge is 0.494 e. The molecule has 142 valence electrons. The minimum absolute atomic E-state index is 0.600. The molecule has 0 bridgehead atoms. The average Bonchev–Trinajstić information content (AvgIpc) is 3.11. The van der Waals surface area contributed by atoms with Crippen molar-refractivity contribution in [2.24, 2.45) is 0 Å². The van der Waals surface area contributed by atoms with E-state index in [2.05, 4.69) is 0 Å². The Morgan fingerprint density at radius 3 is 2.21 bits per heavy atom. The summed E-state index contributed by atoms with van der Waals surface area (Å²) < 4.78 is 7.61. The van der Waals surface area contributed by atoms with Crippen molar-refractivity contribution < 1.29 is 4.74 Å². The molecule has 0 aliphatic rings. The van der Waals surface area contributed by atoms with Gasteiger partial charge in [-0.3, -0.25) is 4.57 Å². The molecule has 5 aromatic rings. The van der Waals surface area contributed by atoms with E-state index in [1.165, 1.54) is 0 Å². The van der Waals surface area contributed by atoms with Gasteiger partial charge in [0, 0.05) is 16.3 Å². The molecule has 29 heavy (non-hydrogen) atoms. The van der Waals surface area contributed by atoms with Crippen LogP contribution in [0.2, 0.25) is 5.02 Å². The first-order valence-electron chi connectivity index (χ1n) is 9.37. The molecule has 3 aromatic carbocycles. The van der Waals surface area contributed by atoms with E-state index in [4.69, 9.17) is 31.3 Å². The van der Waals surface area contributed by atoms with Gasteiger partial charge in [0.05, 0.1) is 17.6 Å². The normalized spacial score (nSPS) is 11.2. The number of benzene rings is 3. The van der Waals surface area contributed by atoms with Gasteiger partial charge in [0.25, 0.3) is 0 Å². The molecule has 0 fully saturated rings. The van der Waals surface area contributed by atoms with Crippen LogP contribution in [0.25, 0.3) is 39.4 Å². The summed E-state index contributed by atoms with van der Waals surface area (Å²) in [5, 5.41) is 0.680. The van der Waals surface area contributed by atoms with Crippen LogP contribution in [0, 0.1) is 0 Å². The van der Waals surface area contributed by atoms with Crippen LogP contribution in [-0.4, -0.2) is 26.1 Å². The number of aromatic nitrogens is 4. The van der Waals surface area contributed by atoms with Crippen LogP contribution in [0.5, 0.6) is 5.75 Å². The minimum atomic E-state index is 0.600.